The van der Waals surface area contributed by atoms with Crippen molar-refractivity contribution in [1.29, 1.82) is 0 Å². The summed E-state index contributed by atoms with van der Waals surface area (Å²) in [5.41, 5.74) is 1.11. The van der Waals surface area contributed by atoms with Gasteiger partial charge >= 0.3 is 0 Å². The maximum atomic E-state index is 11.3. The van der Waals surface area contributed by atoms with Gasteiger partial charge in [-0.25, -0.2) is 0 Å². The summed E-state index contributed by atoms with van der Waals surface area (Å²) >= 11 is 0. The molecule has 0 atom stereocenters. The van der Waals surface area contributed by atoms with Crippen molar-refractivity contribution >= 4 is 5.91 Å². The molecule has 2 N–H and O–H groups in total. The molecule has 1 aromatic rings. The Hall–Kier alpha value is -1.29. The Morgan fingerprint density at radius 3 is 2.93 bits per heavy atom. The summed E-state index contributed by atoms with van der Waals surface area (Å²) in [5, 5.41) is 5.92. The van der Waals surface area contributed by atoms with E-state index in [9.17, 15) is 4.79 Å². The number of carbonyl (C=O) groups excluding carboxylic acids is 1. The van der Waals surface area contributed by atoms with Crippen molar-refractivity contribution in [2.24, 2.45) is 7.05 Å². The van der Waals surface area contributed by atoms with Gasteiger partial charge in [-0.15, -0.1) is 0 Å². The van der Waals surface area contributed by atoms with Gasteiger partial charge in [-0.1, -0.05) is 6.92 Å². The average Bonchev–Trinajstić information content (AvgIpc) is 2.61. The third kappa shape index (κ3) is 4.16. The molecule has 1 heterocycles. The van der Waals surface area contributed by atoms with Gasteiger partial charge in [0.1, 0.15) is 0 Å². The van der Waals surface area contributed by atoms with Gasteiger partial charge in [-0.3, -0.25) is 4.79 Å². The van der Waals surface area contributed by atoms with Crippen LogP contribution in [-0.2, 0) is 18.4 Å². The zero-order valence-corrected chi connectivity index (χ0v) is 9.42. The van der Waals surface area contributed by atoms with Crippen molar-refractivity contribution < 1.29 is 4.79 Å². The molecule has 0 fully saturated rings. The lowest BCUT2D eigenvalue weighted by atomic mass is 10.4. The van der Waals surface area contributed by atoms with Crippen LogP contribution in [0.2, 0.25) is 0 Å². The van der Waals surface area contributed by atoms with Gasteiger partial charge in [-0.2, -0.15) is 0 Å². The number of rotatable bonds is 6. The molecular weight excluding hydrogens is 190 g/mol. The van der Waals surface area contributed by atoms with E-state index in [1.165, 1.54) is 0 Å². The lowest BCUT2D eigenvalue weighted by molar-refractivity contribution is -0.120. The molecule has 0 saturated carbocycles. The quantitative estimate of drug-likeness (QED) is 0.675. The highest BCUT2D eigenvalue weighted by molar-refractivity contribution is 5.77. The van der Waals surface area contributed by atoms with Crippen molar-refractivity contribution in [3.63, 3.8) is 0 Å². The fraction of sp³-hybridized carbons (Fsp3) is 0.545. The zero-order chi connectivity index (χ0) is 11.1. The van der Waals surface area contributed by atoms with Gasteiger partial charge < -0.3 is 15.2 Å². The van der Waals surface area contributed by atoms with Crippen LogP contribution in [0.15, 0.2) is 18.3 Å². The minimum absolute atomic E-state index is 0.0460. The molecular formula is C11H19N3O. The van der Waals surface area contributed by atoms with Crippen molar-refractivity contribution in [2.45, 2.75) is 19.9 Å². The first-order valence-corrected chi connectivity index (χ1v) is 5.31. The number of carbonyl (C=O) groups is 1. The van der Waals surface area contributed by atoms with E-state index >= 15 is 0 Å². The van der Waals surface area contributed by atoms with E-state index in [1.54, 1.807) is 0 Å². The van der Waals surface area contributed by atoms with Crippen molar-refractivity contribution in [3.8, 4) is 0 Å². The van der Waals surface area contributed by atoms with E-state index in [0.717, 1.165) is 18.7 Å². The van der Waals surface area contributed by atoms with Crippen molar-refractivity contribution in [1.82, 2.24) is 15.2 Å². The number of hydrogen-bond acceptors (Lipinski definition) is 2. The maximum absolute atomic E-state index is 11.3. The Labute approximate surface area is 90.7 Å². The normalized spacial score (nSPS) is 10.3. The lowest BCUT2D eigenvalue weighted by Gasteiger charge is -2.06. The van der Waals surface area contributed by atoms with Crippen LogP contribution in [0, 0.1) is 0 Å². The molecule has 1 aromatic heterocycles. The molecule has 0 aromatic carbocycles. The predicted molar refractivity (Wildman–Crippen MR) is 60.4 cm³/mol. The van der Waals surface area contributed by atoms with E-state index in [0.29, 0.717) is 13.1 Å². The number of amides is 1. The second kappa shape index (κ2) is 6.24. The summed E-state index contributed by atoms with van der Waals surface area (Å²) in [5.74, 6) is 0.0460. The summed E-state index contributed by atoms with van der Waals surface area (Å²) in [6.07, 6.45) is 3.02. The monoisotopic (exact) mass is 209 g/mol. The Bertz CT molecular complexity index is 307. The molecule has 1 rings (SSSR count). The van der Waals surface area contributed by atoms with Crippen LogP contribution in [-0.4, -0.2) is 23.6 Å². The van der Waals surface area contributed by atoms with Gasteiger partial charge in [0.15, 0.2) is 0 Å². The van der Waals surface area contributed by atoms with E-state index < -0.39 is 0 Å². The zero-order valence-electron chi connectivity index (χ0n) is 9.42. The first kappa shape index (κ1) is 11.8. The lowest BCUT2D eigenvalue weighted by Crippen LogP contribution is -2.34. The van der Waals surface area contributed by atoms with Gasteiger partial charge in [0.05, 0.1) is 13.1 Å². The SMILES string of the molecule is CCCNCC(=O)NCc1cccn1C. The fourth-order valence-corrected chi connectivity index (χ4v) is 1.31. The number of aromatic nitrogens is 1. The summed E-state index contributed by atoms with van der Waals surface area (Å²) in [7, 11) is 1.97. The summed E-state index contributed by atoms with van der Waals surface area (Å²) in [6.45, 7) is 3.96. The first-order valence-electron chi connectivity index (χ1n) is 5.31. The first-order chi connectivity index (χ1) is 7.24. The summed E-state index contributed by atoms with van der Waals surface area (Å²) in [4.78, 5) is 11.3. The predicted octanol–water partition coefficient (Wildman–Crippen LogP) is 0.641. The van der Waals surface area contributed by atoms with Crippen LogP contribution in [0.1, 0.15) is 19.0 Å². The summed E-state index contributed by atoms with van der Waals surface area (Å²) < 4.78 is 2.00. The third-order valence-electron chi connectivity index (χ3n) is 2.23. The minimum atomic E-state index is 0.0460. The topological polar surface area (TPSA) is 46.1 Å². The molecule has 1 amide bonds. The van der Waals surface area contributed by atoms with Crippen molar-refractivity contribution in [2.75, 3.05) is 13.1 Å². The average molecular weight is 209 g/mol. The molecule has 4 nitrogen and oxygen atoms in total. The van der Waals surface area contributed by atoms with Crippen LogP contribution in [0.25, 0.3) is 0 Å². The maximum Gasteiger partial charge on any atom is 0.234 e. The molecule has 84 valence electrons. The molecule has 0 spiro atoms. The van der Waals surface area contributed by atoms with Gasteiger partial charge in [-0.05, 0) is 25.1 Å². The fourth-order valence-electron chi connectivity index (χ4n) is 1.31. The molecule has 0 aliphatic rings. The van der Waals surface area contributed by atoms with Gasteiger partial charge in [0.25, 0.3) is 0 Å². The molecule has 0 unspecified atom stereocenters. The standard InChI is InChI=1S/C11H19N3O/c1-3-6-12-9-11(15)13-8-10-5-4-7-14(10)2/h4-5,7,12H,3,6,8-9H2,1-2H3,(H,13,15). The van der Waals surface area contributed by atoms with Crippen LogP contribution in [0.4, 0.5) is 0 Å². The second-order valence-electron chi connectivity index (χ2n) is 3.56. The number of hydrogen-bond donors (Lipinski definition) is 2. The number of nitrogens with zero attached hydrogens (tertiary/aromatic N) is 1. The Kier molecular flexibility index (Phi) is 4.90. The Balaban J connectivity index is 2.20. The molecule has 4 heteroatoms. The molecule has 0 bridgehead atoms. The van der Waals surface area contributed by atoms with Crippen LogP contribution in [0.5, 0.6) is 0 Å². The smallest absolute Gasteiger partial charge is 0.234 e. The van der Waals surface area contributed by atoms with Crippen molar-refractivity contribution in [3.05, 3.63) is 24.0 Å². The highest BCUT2D eigenvalue weighted by atomic mass is 16.1. The van der Waals surface area contributed by atoms with E-state index in [2.05, 4.69) is 17.6 Å². The van der Waals surface area contributed by atoms with E-state index in [1.807, 2.05) is 29.9 Å². The number of aryl methyl sites for hydroxylation is 1. The number of nitrogens with one attached hydrogen (secondary N) is 2. The third-order valence-corrected chi connectivity index (χ3v) is 2.23. The summed E-state index contributed by atoms with van der Waals surface area (Å²) in [6, 6.07) is 3.97. The highest BCUT2D eigenvalue weighted by Crippen LogP contribution is 1.97. The molecule has 0 radical (unpaired) electrons. The van der Waals surface area contributed by atoms with E-state index in [4.69, 9.17) is 0 Å². The second-order valence-corrected chi connectivity index (χ2v) is 3.56. The van der Waals surface area contributed by atoms with Gasteiger partial charge in [0.2, 0.25) is 5.91 Å². The highest BCUT2D eigenvalue weighted by Gasteiger charge is 2.01. The largest absolute Gasteiger partial charge is 0.353 e. The van der Waals surface area contributed by atoms with Gasteiger partial charge in [0, 0.05) is 18.9 Å². The molecule has 0 aliphatic heterocycles. The van der Waals surface area contributed by atoms with Crippen LogP contribution < -0.4 is 10.6 Å². The molecule has 0 saturated heterocycles. The molecule has 0 aliphatic carbocycles. The van der Waals surface area contributed by atoms with E-state index in [-0.39, 0.29) is 5.91 Å². The Morgan fingerprint density at radius 1 is 1.53 bits per heavy atom. The van der Waals surface area contributed by atoms with Crippen LogP contribution >= 0.6 is 0 Å². The van der Waals surface area contributed by atoms with Crippen LogP contribution in [0.3, 0.4) is 0 Å². The molecule has 15 heavy (non-hydrogen) atoms. The Morgan fingerprint density at radius 2 is 2.33 bits per heavy atom. The minimum Gasteiger partial charge on any atom is -0.353 e.